The Bertz CT molecular complexity index is 569. The zero-order valence-corrected chi connectivity index (χ0v) is 13.0. The molecule has 0 bridgehead atoms. The van der Waals surface area contributed by atoms with Gasteiger partial charge in [0.2, 0.25) is 0 Å². The molecule has 2 N–H and O–H groups in total. The van der Waals surface area contributed by atoms with Crippen LogP contribution in [0.4, 0.5) is 15.8 Å². The van der Waals surface area contributed by atoms with Gasteiger partial charge in [-0.3, -0.25) is 0 Å². The van der Waals surface area contributed by atoms with E-state index in [4.69, 9.17) is 5.73 Å². The van der Waals surface area contributed by atoms with Gasteiger partial charge in [-0.1, -0.05) is 22.0 Å². The number of nitrogens with zero attached hydrogens (tertiary/aromatic N) is 1. The molecule has 0 amide bonds. The Morgan fingerprint density at radius 1 is 1.15 bits per heavy atom. The molecule has 0 aliphatic carbocycles. The molecule has 2 rings (SSSR count). The van der Waals surface area contributed by atoms with Gasteiger partial charge >= 0.3 is 0 Å². The predicted molar refractivity (Wildman–Crippen MR) is 86.0 cm³/mol. The van der Waals surface area contributed by atoms with Crippen LogP contribution < -0.4 is 10.6 Å². The molecule has 0 saturated carbocycles. The Hall–Kier alpha value is -1.39. The summed E-state index contributed by atoms with van der Waals surface area (Å²) < 4.78 is 14.1. The van der Waals surface area contributed by atoms with Crippen LogP contribution in [-0.2, 0) is 6.42 Å². The van der Waals surface area contributed by atoms with E-state index in [-0.39, 0.29) is 5.82 Å². The zero-order chi connectivity index (χ0) is 14.5. The van der Waals surface area contributed by atoms with E-state index < -0.39 is 0 Å². The Morgan fingerprint density at radius 3 is 2.45 bits per heavy atom. The Balaban J connectivity index is 2.45. The lowest BCUT2D eigenvalue weighted by molar-refractivity contribution is 0.628. The lowest BCUT2D eigenvalue weighted by atomic mass is 10.1. The molecule has 0 saturated heterocycles. The lowest BCUT2D eigenvalue weighted by Crippen LogP contribution is -2.18. The molecule has 2 aromatic rings. The molecule has 0 spiro atoms. The van der Waals surface area contributed by atoms with Gasteiger partial charge in [0.15, 0.2) is 0 Å². The molecule has 0 fully saturated rings. The quantitative estimate of drug-likeness (QED) is 0.884. The van der Waals surface area contributed by atoms with Crippen molar-refractivity contribution in [1.29, 1.82) is 0 Å². The summed E-state index contributed by atoms with van der Waals surface area (Å²) in [6.07, 6.45) is 0.820. The SMILES string of the molecule is CCN(c1ccc(F)cc1)c1cc(Br)ccc1CCN. The molecule has 4 heteroatoms. The smallest absolute Gasteiger partial charge is 0.123 e. The van der Waals surface area contributed by atoms with Crippen LogP contribution in [0.5, 0.6) is 0 Å². The Labute approximate surface area is 127 Å². The summed E-state index contributed by atoms with van der Waals surface area (Å²) in [6.45, 7) is 3.49. The minimum atomic E-state index is -0.221. The molecule has 0 atom stereocenters. The maximum atomic E-state index is 13.1. The highest BCUT2D eigenvalue weighted by atomic mass is 79.9. The molecular formula is C16H18BrFN2. The highest BCUT2D eigenvalue weighted by Gasteiger charge is 2.12. The van der Waals surface area contributed by atoms with Gasteiger partial charge in [-0.05, 0) is 61.9 Å². The summed E-state index contributed by atoms with van der Waals surface area (Å²) in [5.41, 5.74) is 8.97. The number of benzene rings is 2. The number of rotatable bonds is 5. The number of nitrogens with two attached hydrogens (primary N) is 1. The van der Waals surface area contributed by atoms with Crippen LogP contribution in [0, 0.1) is 5.82 Å². The van der Waals surface area contributed by atoms with Gasteiger partial charge in [0.25, 0.3) is 0 Å². The van der Waals surface area contributed by atoms with E-state index in [1.165, 1.54) is 17.7 Å². The van der Waals surface area contributed by atoms with Gasteiger partial charge in [0.1, 0.15) is 5.82 Å². The van der Waals surface area contributed by atoms with Crippen LogP contribution in [0.1, 0.15) is 12.5 Å². The monoisotopic (exact) mass is 336 g/mol. The van der Waals surface area contributed by atoms with Gasteiger partial charge in [-0.15, -0.1) is 0 Å². The summed E-state index contributed by atoms with van der Waals surface area (Å²) in [4.78, 5) is 2.16. The third-order valence-electron chi connectivity index (χ3n) is 3.21. The molecule has 2 aromatic carbocycles. The summed E-state index contributed by atoms with van der Waals surface area (Å²) >= 11 is 3.51. The van der Waals surface area contributed by atoms with Crippen molar-refractivity contribution < 1.29 is 4.39 Å². The third kappa shape index (κ3) is 3.38. The number of anilines is 2. The molecule has 0 radical (unpaired) electrons. The first kappa shape index (κ1) is 15.0. The van der Waals surface area contributed by atoms with Crippen molar-refractivity contribution in [3.63, 3.8) is 0 Å². The number of hydrogen-bond acceptors (Lipinski definition) is 2. The second-order valence-corrected chi connectivity index (χ2v) is 5.45. The van der Waals surface area contributed by atoms with Crippen molar-refractivity contribution >= 4 is 27.3 Å². The number of hydrogen-bond donors (Lipinski definition) is 1. The van der Waals surface area contributed by atoms with Crippen LogP contribution >= 0.6 is 15.9 Å². The largest absolute Gasteiger partial charge is 0.342 e. The average molecular weight is 337 g/mol. The summed E-state index contributed by atoms with van der Waals surface area (Å²) in [5, 5.41) is 0. The van der Waals surface area contributed by atoms with E-state index in [1.807, 2.05) is 6.07 Å². The van der Waals surface area contributed by atoms with Crippen molar-refractivity contribution in [3.05, 3.63) is 58.3 Å². The molecule has 0 heterocycles. The van der Waals surface area contributed by atoms with E-state index in [0.29, 0.717) is 6.54 Å². The van der Waals surface area contributed by atoms with Gasteiger partial charge in [0.05, 0.1) is 0 Å². The normalized spacial score (nSPS) is 10.6. The third-order valence-corrected chi connectivity index (χ3v) is 3.70. The minimum absolute atomic E-state index is 0.221. The van der Waals surface area contributed by atoms with Gasteiger partial charge in [0, 0.05) is 22.4 Å². The molecule has 0 aromatic heterocycles. The first-order chi connectivity index (χ1) is 9.65. The van der Waals surface area contributed by atoms with Crippen molar-refractivity contribution in [3.8, 4) is 0 Å². The molecular weight excluding hydrogens is 319 g/mol. The van der Waals surface area contributed by atoms with Crippen molar-refractivity contribution in [1.82, 2.24) is 0 Å². The van der Waals surface area contributed by atoms with Crippen LogP contribution in [0.25, 0.3) is 0 Å². The zero-order valence-electron chi connectivity index (χ0n) is 11.4. The summed E-state index contributed by atoms with van der Waals surface area (Å²) in [5.74, 6) is -0.221. The second-order valence-electron chi connectivity index (χ2n) is 4.53. The second kappa shape index (κ2) is 6.86. The molecule has 0 unspecified atom stereocenters. The molecule has 0 aliphatic rings. The molecule has 20 heavy (non-hydrogen) atoms. The first-order valence-electron chi connectivity index (χ1n) is 6.67. The van der Waals surface area contributed by atoms with E-state index in [0.717, 1.165) is 28.8 Å². The van der Waals surface area contributed by atoms with Crippen molar-refractivity contribution in [2.24, 2.45) is 5.73 Å². The fourth-order valence-corrected chi connectivity index (χ4v) is 2.62. The first-order valence-corrected chi connectivity index (χ1v) is 7.46. The highest BCUT2D eigenvalue weighted by Crippen LogP contribution is 2.31. The molecule has 2 nitrogen and oxygen atoms in total. The van der Waals surface area contributed by atoms with Crippen molar-refractivity contribution in [2.45, 2.75) is 13.3 Å². The van der Waals surface area contributed by atoms with E-state index in [1.54, 1.807) is 12.1 Å². The molecule has 0 aliphatic heterocycles. The van der Waals surface area contributed by atoms with Gasteiger partial charge < -0.3 is 10.6 Å². The van der Waals surface area contributed by atoms with Crippen LogP contribution in [0.3, 0.4) is 0 Å². The van der Waals surface area contributed by atoms with E-state index >= 15 is 0 Å². The van der Waals surface area contributed by atoms with E-state index in [9.17, 15) is 4.39 Å². The predicted octanol–water partition coefficient (Wildman–Crippen LogP) is 4.25. The standard InChI is InChI=1S/C16H18BrFN2/c1-2-20(15-7-5-14(18)6-8-15)16-11-13(17)4-3-12(16)9-10-19/h3-8,11H,2,9-10,19H2,1H3. The Morgan fingerprint density at radius 2 is 1.85 bits per heavy atom. The minimum Gasteiger partial charge on any atom is -0.342 e. The lowest BCUT2D eigenvalue weighted by Gasteiger charge is -2.26. The van der Waals surface area contributed by atoms with Gasteiger partial charge in [-0.2, -0.15) is 0 Å². The topological polar surface area (TPSA) is 29.3 Å². The van der Waals surface area contributed by atoms with Crippen LogP contribution in [0.2, 0.25) is 0 Å². The summed E-state index contributed by atoms with van der Waals surface area (Å²) in [6, 6.07) is 12.7. The fourth-order valence-electron chi connectivity index (χ4n) is 2.27. The maximum absolute atomic E-state index is 13.1. The van der Waals surface area contributed by atoms with Gasteiger partial charge in [-0.25, -0.2) is 4.39 Å². The fraction of sp³-hybridized carbons (Fsp3) is 0.250. The Kier molecular flexibility index (Phi) is 5.15. The highest BCUT2D eigenvalue weighted by molar-refractivity contribution is 9.10. The maximum Gasteiger partial charge on any atom is 0.123 e. The number of halogens is 2. The van der Waals surface area contributed by atoms with Crippen LogP contribution in [-0.4, -0.2) is 13.1 Å². The van der Waals surface area contributed by atoms with Crippen molar-refractivity contribution in [2.75, 3.05) is 18.0 Å². The van der Waals surface area contributed by atoms with Crippen LogP contribution in [0.15, 0.2) is 46.9 Å². The molecule has 106 valence electrons. The van der Waals surface area contributed by atoms with E-state index in [2.05, 4.69) is 39.9 Å². The average Bonchev–Trinajstić information content (AvgIpc) is 2.45. The summed E-state index contributed by atoms with van der Waals surface area (Å²) in [7, 11) is 0.